The standard InChI is InChI=1S/C11H14O/c1-2-6-10-11(12-10)9-7-4-3-5-8-9/h3-5,7-8,10-11H,2,6H2,1H3. The molecule has 2 unspecified atom stereocenters. The zero-order valence-electron chi connectivity index (χ0n) is 7.36. The van der Waals surface area contributed by atoms with Crippen molar-refractivity contribution in [1.82, 2.24) is 0 Å². The summed E-state index contributed by atoms with van der Waals surface area (Å²) in [5, 5.41) is 0. The molecule has 1 aromatic carbocycles. The Morgan fingerprint density at radius 1 is 1.25 bits per heavy atom. The molecule has 1 fully saturated rings. The smallest absolute Gasteiger partial charge is 0.109 e. The van der Waals surface area contributed by atoms with Gasteiger partial charge in [0.15, 0.2) is 0 Å². The molecule has 1 aliphatic rings. The van der Waals surface area contributed by atoms with Gasteiger partial charge >= 0.3 is 0 Å². The Labute approximate surface area is 73.4 Å². The van der Waals surface area contributed by atoms with Crippen molar-refractivity contribution in [2.24, 2.45) is 0 Å². The van der Waals surface area contributed by atoms with E-state index < -0.39 is 0 Å². The number of epoxide rings is 1. The fourth-order valence-corrected chi connectivity index (χ4v) is 1.58. The summed E-state index contributed by atoms with van der Waals surface area (Å²) in [6.07, 6.45) is 3.30. The van der Waals surface area contributed by atoms with Gasteiger partial charge in [-0.1, -0.05) is 43.7 Å². The molecule has 2 rings (SSSR count). The average molecular weight is 162 g/mol. The lowest BCUT2D eigenvalue weighted by Gasteiger charge is -1.93. The zero-order valence-corrected chi connectivity index (χ0v) is 7.36. The van der Waals surface area contributed by atoms with E-state index >= 15 is 0 Å². The van der Waals surface area contributed by atoms with Gasteiger partial charge in [0.1, 0.15) is 6.10 Å². The van der Waals surface area contributed by atoms with Crippen molar-refractivity contribution in [3.05, 3.63) is 35.9 Å². The van der Waals surface area contributed by atoms with Crippen LogP contribution in [0.1, 0.15) is 31.4 Å². The van der Waals surface area contributed by atoms with E-state index in [0.29, 0.717) is 12.2 Å². The Balaban J connectivity index is 1.97. The molecule has 1 nitrogen and oxygen atoms in total. The highest BCUT2D eigenvalue weighted by Crippen LogP contribution is 2.40. The minimum Gasteiger partial charge on any atom is -0.365 e. The Morgan fingerprint density at radius 3 is 2.67 bits per heavy atom. The molecule has 1 saturated heterocycles. The van der Waals surface area contributed by atoms with E-state index in [2.05, 4.69) is 31.2 Å². The number of ether oxygens (including phenoxy) is 1. The van der Waals surface area contributed by atoms with E-state index in [4.69, 9.17) is 4.74 Å². The summed E-state index contributed by atoms with van der Waals surface area (Å²) in [7, 11) is 0. The number of hydrogen-bond acceptors (Lipinski definition) is 1. The third-order valence-electron chi connectivity index (χ3n) is 2.28. The Kier molecular flexibility index (Phi) is 2.13. The maximum Gasteiger partial charge on any atom is 0.109 e. The van der Waals surface area contributed by atoms with Crippen LogP contribution in [0.3, 0.4) is 0 Å². The Morgan fingerprint density at radius 2 is 2.00 bits per heavy atom. The Hall–Kier alpha value is -0.820. The maximum absolute atomic E-state index is 5.54. The molecule has 0 saturated carbocycles. The molecular weight excluding hydrogens is 148 g/mol. The monoisotopic (exact) mass is 162 g/mol. The van der Waals surface area contributed by atoms with Crippen LogP contribution in [-0.2, 0) is 4.74 Å². The van der Waals surface area contributed by atoms with Crippen LogP contribution in [0, 0.1) is 0 Å². The molecule has 0 radical (unpaired) electrons. The Bertz CT molecular complexity index is 242. The lowest BCUT2D eigenvalue weighted by molar-refractivity contribution is 0.365. The van der Waals surface area contributed by atoms with Gasteiger partial charge in [-0.05, 0) is 12.0 Å². The molecule has 1 aliphatic heterocycles. The van der Waals surface area contributed by atoms with Crippen molar-refractivity contribution in [2.75, 3.05) is 0 Å². The zero-order chi connectivity index (χ0) is 8.39. The number of hydrogen-bond donors (Lipinski definition) is 0. The third-order valence-corrected chi connectivity index (χ3v) is 2.28. The molecule has 0 amide bonds. The fourth-order valence-electron chi connectivity index (χ4n) is 1.58. The van der Waals surface area contributed by atoms with Gasteiger partial charge in [-0.3, -0.25) is 0 Å². The van der Waals surface area contributed by atoms with E-state index in [0.717, 1.165) is 0 Å². The topological polar surface area (TPSA) is 12.5 Å². The van der Waals surface area contributed by atoms with Crippen LogP contribution in [0.2, 0.25) is 0 Å². The number of rotatable bonds is 3. The fraction of sp³-hybridized carbons (Fsp3) is 0.455. The molecule has 2 atom stereocenters. The summed E-state index contributed by atoms with van der Waals surface area (Å²) in [6, 6.07) is 10.5. The van der Waals surface area contributed by atoms with E-state index in [9.17, 15) is 0 Å². The van der Waals surface area contributed by atoms with Gasteiger partial charge in [0.25, 0.3) is 0 Å². The SMILES string of the molecule is CCCC1OC1c1ccccc1. The van der Waals surface area contributed by atoms with Crippen LogP contribution in [0.4, 0.5) is 0 Å². The molecule has 1 heteroatoms. The minimum atomic E-state index is 0.395. The quantitative estimate of drug-likeness (QED) is 0.622. The predicted octanol–water partition coefficient (Wildman–Crippen LogP) is 2.93. The molecule has 12 heavy (non-hydrogen) atoms. The first-order chi connectivity index (χ1) is 5.92. The van der Waals surface area contributed by atoms with E-state index in [1.165, 1.54) is 18.4 Å². The molecule has 0 bridgehead atoms. The second-order valence-electron chi connectivity index (χ2n) is 3.29. The normalized spacial score (nSPS) is 27.1. The van der Waals surface area contributed by atoms with E-state index in [1.807, 2.05) is 6.07 Å². The highest BCUT2D eigenvalue weighted by molar-refractivity contribution is 5.22. The lowest BCUT2D eigenvalue weighted by atomic mass is 10.1. The third kappa shape index (κ3) is 1.51. The van der Waals surface area contributed by atoms with E-state index in [-0.39, 0.29) is 0 Å². The molecule has 0 aromatic heterocycles. The summed E-state index contributed by atoms with van der Waals surface area (Å²) >= 11 is 0. The molecule has 0 spiro atoms. The lowest BCUT2D eigenvalue weighted by Crippen LogP contribution is -1.86. The first kappa shape index (κ1) is 7.81. The van der Waals surface area contributed by atoms with Gasteiger partial charge < -0.3 is 4.74 Å². The average Bonchev–Trinajstić information content (AvgIpc) is 2.87. The van der Waals surface area contributed by atoms with Gasteiger partial charge in [-0.15, -0.1) is 0 Å². The minimum absolute atomic E-state index is 0.395. The van der Waals surface area contributed by atoms with Gasteiger partial charge in [0, 0.05) is 0 Å². The van der Waals surface area contributed by atoms with Gasteiger partial charge in [0.2, 0.25) is 0 Å². The van der Waals surface area contributed by atoms with Crippen molar-refractivity contribution in [3.63, 3.8) is 0 Å². The highest BCUT2D eigenvalue weighted by Gasteiger charge is 2.38. The van der Waals surface area contributed by atoms with Crippen LogP contribution in [-0.4, -0.2) is 6.10 Å². The first-order valence-corrected chi connectivity index (χ1v) is 4.62. The van der Waals surface area contributed by atoms with Crippen molar-refractivity contribution in [1.29, 1.82) is 0 Å². The molecule has 1 heterocycles. The van der Waals surface area contributed by atoms with Crippen molar-refractivity contribution in [3.8, 4) is 0 Å². The first-order valence-electron chi connectivity index (χ1n) is 4.62. The summed E-state index contributed by atoms with van der Waals surface area (Å²) in [4.78, 5) is 0. The van der Waals surface area contributed by atoms with Gasteiger partial charge in [0.05, 0.1) is 6.10 Å². The van der Waals surface area contributed by atoms with Crippen LogP contribution < -0.4 is 0 Å². The second kappa shape index (κ2) is 3.28. The molecule has 0 aliphatic carbocycles. The van der Waals surface area contributed by atoms with Crippen LogP contribution in [0.5, 0.6) is 0 Å². The summed E-state index contributed by atoms with van der Waals surface area (Å²) in [5.74, 6) is 0. The van der Waals surface area contributed by atoms with Crippen LogP contribution in [0.15, 0.2) is 30.3 Å². The van der Waals surface area contributed by atoms with E-state index in [1.54, 1.807) is 0 Å². The predicted molar refractivity (Wildman–Crippen MR) is 49.0 cm³/mol. The number of benzene rings is 1. The molecular formula is C11H14O. The van der Waals surface area contributed by atoms with Crippen LogP contribution in [0.25, 0.3) is 0 Å². The molecule has 0 N–H and O–H groups in total. The molecule has 64 valence electrons. The maximum atomic E-state index is 5.54. The summed E-state index contributed by atoms with van der Waals surface area (Å²) < 4.78 is 5.54. The van der Waals surface area contributed by atoms with Crippen LogP contribution >= 0.6 is 0 Å². The highest BCUT2D eigenvalue weighted by atomic mass is 16.6. The summed E-state index contributed by atoms with van der Waals surface area (Å²) in [6.45, 7) is 2.20. The van der Waals surface area contributed by atoms with Crippen molar-refractivity contribution in [2.45, 2.75) is 32.0 Å². The van der Waals surface area contributed by atoms with Gasteiger partial charge in [-0.2, -0.15) is 0 Å². The largest absolute Gasteiger partial charge is 0.365 e. The molecule has 1 aromatic rings. The second-order valence-corrected chi connectivity index (χ2v) is 3.29. The summed E-state index contributed by atoms with van der Waals surface area (Å²) in [5.41, 5.74) is 1.33. The van der Waals surface area contributed by atoms with Gasteiger partial charge in [-0.25, -0.2) is 0 Å². The van der Waals surface area contributed by atoms with Crippen molar-refractivity contribution >= 4 is 0 Å². The van der Waals surface area contributed by atoms with Crippen molar-refractivity contribution < 1.29 is 4.74 Å².